The maximum absolute atomic E-state index is 12.0. The van der Waals surface area contributed by atoms with Crippen LogP contribution in [0, 0.1) is 10.1 Å². The molecule has 3 rings (SSSR count). The van der Waals surface area contributed by atoms with Crippen LogP contribution in [-0.4, -0.2) is 10.0 Å². The Morgan fingerprint density at radius 2 is 1.67 bits per heavy atom. The molecule has 0 bridgehead atoms. The number of non-ortho nitro benzene ring substituents is 1. The Kier molecular flexibility index (Phi) is 3.65. The molecule has 0 amide bonds. The van der Waals surface area contributed by atoms with Gasteiger partial charge in [-0.1, -0.05) is 18.2 Å². The average Bonchev–Trinajstić information content (AvgIpc) is 2.84. The minimum atomic E-state index is -0.437. The van der Waals surface area contributed by atoms with Crippen molar-refractivity contribution in [3.05, 3.63) is 75.3 Å². The largest absolute Gasteiger partial charge is 0.281 e. The first-order valence-electron chi connectivity index (χ1n) is 6.04. The molecule has 0 aromatic heterocycles. The molecule has 0 aliphatic carbocycles. The van der Waals surface area contributed by atoms with Crippen LogP contribution in [-0.2, 0) is 0 Å². The third-order valence-corrected chi connectivity index (χ3v) is 5.27. The van der Waals surface area contributed by atoms with Crippen molar-refractivity contribution in [2.24, 2.45) is 0 Å². The number of carbonyl (C=O) groups excluding carboxylic acids is 1. The van der Waals surface area contributed by atoms with Gasteiger partial charge in [0.1, 0.15) is 0 Å². The first-order chi connectivity index (χ1) is 10.1. The lowest BCUT2D eigenvalue weighted by molar-refractivity contribution is -0.384. The maximum Gasteiger partial charge on any atom is 0.269 e. The fraction of sp³-hybridized carbons (Fsp3) is 0. The summed E-state index contributed by atoms with van der Waals surface area (Å²) in [5, 5.41) is 10.7. The minimum absolute atomic E-state index is 0.0134. The Labute approximate surface area is 133 Å². The predicted molar refractivity (Wildman–Crippen MR) is 87.2 cm³/mol. The third kappa shape index (κ3) is 2.52. The van der Waals surface area contributed by atoms with Crippen LogP contribution in [0.3, 0.4) is 0 Å². The van der Waals surface area contributed by atoms with Crippen LogP contribution in [0.5, 0.6) is 0 Å². The molecule has 0 spiro atoms. The lowest BCUT2D eigenvalue weighted by atomic mass is 10.1. The second kappa shape index (κ2) is 5.46. The van der Waals surface area contributed by atoms with Crippen molar-refractivity contribution in [1.29, 1.82) is 0 Å². The van der Waals surface area contributed by atoms with E-state index in [4.69, 9.17) is 0 Å². The highest BCUT2D eigenvalue weighted by molar-refractivity contribution is 9.15. The second-order valence-corrected chi connectivity index (χ2v) is 6.16. The van der Waals surface area contributed by atoms with Crippen LogP contribution in [0.1, 0.15) is 21.5 Å². The van der Waals surface area contributed by atoms with E-state index < -0.39 is 4.92 Å². The summed E-state index contributed by atoms with van der Waals surface area (Å²) in [6.45, 7) is 0. The molecule has 1 aliphatic rings. The van der Waals surface area contributed by atoms with E-state index >= 15 is 0 Å². The topological polar surface area (TPSA) is 60.2 Å². The third-order valence-electron chi connectivity index (χ3n) is 3.12. The summed E-state index contributed by atoms with van der Waals surface area (Å²) in [4.78, 5) is 23.1. The van der Waals surface area contributed by atoms with Crippen LogP contribution >= 0.6 is 27.7 Å². The summed E-state index contributed by atoms with van der Waals surface area (Å²) in [7, 11) is 0. The number of thioether (sulfide) groups is 1. The first-order valence-corrected chi connectivity index (χ1v) is 7.65. The summed E-state index contributed by atoms with van der Waals surface area (Å²) in [6, 6.07) is 13.6. The van der Waals surface area contributed by atoms with Gasteiger partial charge in [-0.25, -0.2) is 0 Å². The van der Waals surface area contributed by atoms with Crippen molar-refractivity contribution in [1.82, 2.24) is 0 Å². The molecule has 2 aromatic rings. The molecule has 0 fully saturated rings. The quantitative estimate of drug-likeness (QED) is 0.574. The van der Waals surface area contributed by atoms with Crippen LogP contribution in [0.4, 0.5) is 5.69 Å². The fourth-order valence-electron chi connectivity index (χ4n) is 2.09. The van der Waals surface area contributed by atoms with Crippen LogP contribution in [0.25, 0.3) is 9.39 Å². The summed E-state index contributed by atoms with van der Waals surface area (Å²) in [5.41, 5.74) is 2.42. The second-order valence-electron chi connectivity index (χ2n) is 4.38. The number of nitro benzene ring substituents is 1. The Bertz CT molecular complexity index is 784. The minimum Gasteiger partial charge on any atom is -0.281 e. The monoisotopic (exact) mass is 361 g/mol. The van der Waals surface area contributed by atoms with Gasteiger partial charge in [0.05, 0.1) is 4.92 Å². The van der Waals surface area contributed by atoms with E-state index in [1.807, 2.05) is 18.2 Å². The highest BCUT2D eigenvalue weighted by Gasteiger charge is 2.27. The Morgan fingerprint density at radius 1 is 1.05 bits per heavy atom. The number of rotatable bonds is 2. The number of halogens is 1. The molecule has 0 saturated heterocycles. The molecule has 0 atom stereocenters. The molecule has 21 heavy (non-hydrogen) atoms. The van der Waals surface area contributed by atoms with Gasteiger partial charge in [-0.2, -0.15) is 0 Å². The Hall–Kier alpha value is -1.92. The number of hydrogen-bond donors (Lipinski definition) is 0. The lowest BCUT2D eigenvalue weighted by Crippen LogP contribution is -1.88. The summed E-state index contributed by atoms with van der Waals surface area (Å²) in [6.07, 6.45) is 0. The molecule has 104 valence electrons. The van der Waals surface area contributed by atoms with Crippen LogP contribution < -0.4 is 0 Å². The predicted octanol–water partition coefficient (Wildman–Crippen LogP) is 4.70. The number of carbonyl (C=O) groups is 1. The van der Waals surface area contributed by atoms with Gasteiger partial charge in [-0.15, -0.1) is 0 Å². The number of nitrogens with zero attached hydrogens (tertiary/aromatic N) is 1. The van der Waals surface area contributed by atoms with Crippen molar-refractivity contribution >= 4 is 47.9 Å². The van der Waals surface area contributed by atoms with E-state index in [2.05, 4.69) is 15.9 Å². The van der Waals surface area contributed by atoms with E-state index in [1.54, 1.807) is 18.2 Å². The first kappa shape index (κ1) is 14.0. The number of nitro groups is 1. The molecule has 6 heteroatoms. The molecule has 1 aliphatic heterocycles. The zero-order chi connectivity index (χ0) is 15.0. The van der Waals surface area contributed by atoms with Gasteiger partial charge in [-0.05, 0) is 51.5 Å². The lowest BCUT2D eigenvalue weighted by Gasteiger charge is -2.05. The maximum atomic E-state index is 12.0. The van der Waals surface area contributed by atoms with Crippen LogP contribution in [0.2, 0.25) is 0 Å². The Morgan fingerprint density at radius 3 is 2.29 bits per heavy atom. The molecule has 0 radical (unpaired) electrons. The highest BCUT2D eigenvalue weighted by Crippen LogP contribution is 2.46. The van der Waals surface area contributed by atoms with E-state index in [0.717, 1.165) is 20.5 Å². The zero-order valence-corrected chi connectivity index (χ0v) is 13.0. The molecule has 0 unspecified atom stereocenters. The van der Waals surface area contributed by atoms with E-state index in [1.165, 1.54) is 23.9 Å². The van der Waals surface area contributed by atoms with Crippen molar-refractivity contribution in [3.8, 4) is 0 Å². The van der Waals surface area contributed by atoms with E-state index in [0.29, 0.717) is 5.56 Å². The van der Waals surface area contributed by atoms with Crippen molar-refractivity contribution in [2.75, 3.05) is 0 Å². The summed E-state index contributed by atoms with van der Waals surface area (Å²) < 4.78 is 0.765. The number of hydrogen-bond acceptors (Lipinski definition) is 4. The number of fused-ring (bicyclic) bond motifs is 1. The summed E-state index contributed by atoms with van der Waals surface area (Å²) >= 11 is 4.68. The van der Waals surface area contributed by atoms with E-state index in [9.17, 15) is 14.9 Å². The molecular formula is C15H8BrNO3S. The summed E-state index contributed by atoms with van der Waals surface area (Å²) in [5.74, 6) is 0. The van der Waals surface area contributed by atoms with Gasteiger partial charge in [0.25, 0.3) is 5.69 Å². The van der Waals surface area contributed by atoms with Gasteiger partial charge in [0, 0.05) is 32.6 Å². The van der Waals surface area contributed by atoms with Crippen molar-refractivity contribution in [2.45, 2.75) is 0 Å². The smallest absolute Gasteiger partial charge is 0.269 e. The van der Waals surface area contributed by atoms with Crippen molar-refractivity contribution < 1.29 is 9.72 Å². The van der Waals surface area contributed by atoms with Crippen LogP contribution in [0.15, 0.2) is 48.5 Å². The standard InChI is InChI=1S/C15H8BrNO3S/c16-13(9-5-7-10(8-6-9)17(19)20)14-11-3-1-2-4-12(11)15(18)21-14/h1-8H. The Balaban J connectivity index is 2.07. The average molecular weight is 362 g/mol. The molecule has 4 nitrogen and oxygen atoms in total. The van der Waals surface area contributed by atoms with Gasteiger partial charge in [0.15, 0.2) is 0 Å². The number of benzene rings is 2. The molecule has 0 N–H and O–H groups in total. The molecule has 1 heterocycles. The van der Waals surface area contributed by atoms with E-state index in [-0.39, 0.29) is 10.8 Å². The molecule has 0 saturated carbocycles. The van der Waals surface area contributed by atoms with Gasteiger partial charge in [-0.3, -0.25) is 14.9 Å². The van der Waals surface area contributed by atoms with Gasteiger partial charge in [0.2, 0.25) is 5.12 Å². The van der Waals surface area contributed by atoms with Crippen molar-refractivity contribution in [3.63, 3.8) is 0 Å². The molecular weight excluding hydrogens is 354 g/mol. The van der Waals surface area contributed by atoms with Gasteiger partial charge >= 0.3 is 0 Å². The van der Waals surface area contributed by atoms with Gasteiger partial charge < -0.3 is 0 Å². The fourth-order valence-corrected chi connectivity index (χ4v) is 3.77. The normalized spacial score (nSPS) is 15.8. The zero-order valence-electron chi connectivity index (χ0n) is 10.6. The SMILES string of the molecule is O=C1SC(=C(Br)c2ccc([N+](=O)[O-])cc2)c2ccccc21. The molecule has 2 aromatic carbocycles. The highest BCUT2D eigenvalue weighted by atomic mass is 79.9.